The zero-order chi connectivity index (χ0) is 25.8. The molecule has 0 bridgehead atoms. The van der Waals surface area contributed by atoms with Gasteiger partial charge in [0.05, 0.1) is 21.5 Å². The molecule has 0 aliphatic rings. The minimum Gasteiger partial charge on any atom is -0.352 e. The van der Waals surface area contributed by atoms with E-state index in [0.29, 0.717) is 28.9 Å². The fourth-order valence-electron chi connectivity index (χ4n) is 3.55. The lowest BCUT2D eigenvalue weighted by Crippen LogP contribution is -2.27. The lowest BCUT2D eigenvalue weighted by Gasteiger charge is -2.14. The van der Waals surface area contributed by atoms with Crippen LogP contribution in [0.2, 0.25) is 0 Å². The van der Waals surface area contributed by atoms with E-state index in [1.54, 1.807) is 36.4 Å². The number of nitrogens with one attached hydrogen (secondary N) is 1. The molecule has 0 aliphatic carbocycles. The van der Waals surface area contributed by atoms with Crippen molar-refractivity contribution in [2.24, 2.45) is 5.92 Å². The first-order valence-corrected chi connectivity index (χ1v) is 12.2. The van der Waals surface area contributed by atoms with E-state index >= 15 is 0 Å². The van der Waals surface area contributed by atoms with Gasteiger partial charge in [-0.15, -0.1) is 0 Å². The van der Waals surface area contributed by atoms with E-state index in [4.69, 9.17) is 0 Å². The molecule has 0 spiro atoms. The first-order chi connectivity index (χ1) is 17.2. The number of carbonyl (C=O) groups excluding carboxylic acids is 1. The first kappa shape index (κ1) is 25.1. The Balaban J connectivity index is 1.79. The molecule has 3 aromatic carbocycles. The topological polar surface area (TPSA) is 107 Å². The zero-order valence-corrected chi connectivity index (χ0v) is 20.4. The number of halogens is 1. The lowest BCUT2D eigenvalue weighted by atomic mass is 10.1. The molecule has 1 aromatic heterocycles. The minimum absolute atomic E-state index is 0.0425. The van der Waals surface area contributed by atoms with Crippen molar-refractivity contribution >= 4 is 34.3 Å². The number of non-ortho nitro benzene ring substituents is 1. The van der Waals surface area contributed by atoms with E-state index < -0.39 is 16.3 Å². The van der Waals surface area contributed by atoms with Gasteiger partial charge < -0.3 is 5.32 Å². The minimum atomic E-state index is -0.508. The van der Waals surface area contributed by atoms with Gasteiger partial charge in [0.15, 0.2) is 5.16 Å². The highest BCUT2D eigenvalue weighted by Crippen LogP contribution is 2.26. The van der Waals surface area contributed by atoms with Crippen LogP contribution < -0.4 is 10.9 Å². The van der Waals surface area contributed by atoms with Crippen molar-refractivity contribution in [1.82, 2.24) is 14.9 Å². The molecule has 0 unspecified atom stereocenters. The maximum atomic E-state index is 14.0. The largest absolute Gasteiger partial charge is 0.352 e. The number of rotatable bonds is 8. The number of aromatic nitrogens is 2. The van der Waals surface area contributed by atoms with Gasteiger partial charge in [0, 0.05) is 30.0 Å². The third-order valence-corrected chi connectivity index (χ3v) is 6.34. The number of nitro benzene ring substituents is 1. The molecule has 36 heavy (non-hydrogen) atoms. The van der Waals surface area contributed by atoms with Crippen molar-refractivity contribution < 1.29 is 14.1 Å². The van der Waals surface area contributed by atoms with Crippen LogP contribution in [0.15, 0.2) is 76.7 Å². The van der Waals surface area contributed by atoms with Crippen LogP contribution in [0.3, 0.4) is 0 Å². The number of hydrogen-bond acceptors (Lipinski definition) is 6. The van der Waals surface area contributed by atoms with Crippen LogP contribution in [0.4, 0.5) is 10.1 Å². The Bertz CT molecular complexity index is 1520. The maximum absolute atomic E-state index is 14.0. The molecule has 0 radical (unpaired) electrons. The number of carbonyl (C=O) groups is 1. The molecular formula is C26H23FN4O4S. The van der Waals surface area contributed by atoms with Crippen LogP contribution in [-0.4, -0.2) is 26.9 Å². The summed E-state index contributed by atoms with van der Waals surface area (Å²) in [6.45, 7) is 4.49. The van der Waals surface area contributed by atoms with Gasteiger partial charge in [0.25, 0.3) is 17.2 Å². The summed E-state index contributed by atoms with van der Waals surface area (Å²) in [6.07, 6.45) is 0. The van der Waals surface area contributed by atoms with Crippen LogP contribution in [-0.2, 0) is 5.75 Å². The summed E-state index contributed by atoms with van der Waals surface area (Å²) in [4.78, 5) is 41.4. The second-order valence-corrected chi connectivity index (χ2v) is 9.51. The number of hydrogen-bond donors (Lipinski definition) is 1. The van der Waals surface area contributed by atoms with E-state index in [1.807, 2.05) is 13.8 Å². The zero-order valence-electron chi connectivity index (χ0n) is 19.6. The second kappa shape index (κ2) is 10.7. The van der Waals surface area contributed by atoms with Crippen LogP contribution in [0.1, 0.15) is 29.8 Å². The Morgan fingerprint density at radius 1 is 1.14 bits per heavy atom. The molecule has 0 saturated heterocycles. The average Bonchev–Trinajstić information content (AvgIpc) is 2.85. The van der Waals surface area contributed by atoms with Crippen LogP contribution in [0.5, 0.6) is 0 Å². The summed E-state index contributed by atoms with van der Waals surface area (Å²) < 4.78 is 15.3. The number of fused-ring (bicyclic) bond motifs is 1. The van der Waals surface area contributed by atoms with Gasteiger partial charge in [-0.3, -0.25) is 24.3 Å². The van der Waals surface area contributed by atoms with Gasteiger partial charge in [-0.25, -0.2) is 9.37 Å². The van der Waals surface area contributed by atoms with Crippen molar-refractivity contribution in [3.63, 3.8) is 0 Å². The third-order valence-electron chi connectivity index (χ3n) is 5.33. The Kier molecular flexibility index (Phi) is 7.44. The van der Waals surface area contributed by atoms with E-state index in [9.17, 15) is 24.1 Å². The molecule has 1 amide bonds. The molecule has 4 aromatic rings. The second-order valence-electron chi connectivity index (χ2n) is 8.57. The quantitative estimate of drug-likeness (QED) is 0.154. The molecule has 0 atom stereocenters. The normalized spacial score (nSPS) is 11.1. The highest BCUT2D eigenvalue weighted by atomic mass is 32.2. The summed E-state index contributed by atoms with van der Waals surface area (Å²) >= 11 is 1.18. The molecule has 8 nitrogen and oxygen atoms in total. The molecule has 0 fully saturated rings. The fraction of sp³-hybridized carbons (Fsp3) is 0.192. The number of amides is 1. The summed E-state index contributed by atoms with van der Waals surface area (Å²) in [5.74, 6) is -0.217. The summed E-state index contributed by atoms with van der Waals surface area (Å²) in [5, 5.41) is 14.5. The maximum Gasteiger partial charge on any atom is 0.269 e. The third kappa shape index (κ3) is 5.60. The van der Waals surface area contributed by atoms with Crippen LogP contribution in [0.25, 0.3) is 16.6 Å². The molecule has 184 valence electrons. The smallest absolute Gasteiger partial charge is 0.269 e. The fourth-order valence-corrected chi connectivity index (χ4v) is 4.51. The molecule has 1 N–H and O–H groups in total. The number of nitro groups is 1. The number of benzene rings is 3. The van der Waals surface area contributed by atoms with E-state index in [2.05, 4.69) is 10.3 Å². The Labute approximate surface area is 210 Å². The van der Waals surface area contributed by atoms with Gasteiger partial charge >= 0.3 is 0 Å². The standard InChI is InChI=1S/C26H23FN4O4S/c1-16(2)14-28-24(32)18-9-10-22-23(12-18)29-26(30(25(22)33)20-7-4-6-19(27)13-20)36-15-17-5-3-8-21(11-17)31(34)35/h3-13,16H,14-15H2,1-2H3,(H,28,32). The van der Waals surface area contributed by atoms with Gasteiger partial charge in [0.1, 0.15) is 5.82 Å². The van der Waals surface area contributed by atoms with E-state index in [0.717, 1.165) is 0 Å². The molecule has 0 saturated carbocycles. The Morgan fingerprint density at radius 3 is 2.64 bits per heavy atom. The van der Waals surface area contributed by atoms with Gasteiger partial charge in [0.2, 0.25) is 0 Å². The highest BCUT2D eigenvalue weighted by molar-refractivity contribution is 7.98. The predicted octanol–water partition coefficient (Wildman–Crippen LogP) is 5.11. The molecule has 0 aliphatic heterocycles. The monoisotopic (exact) mass is 506 g/mol. The van der Waals surface area contributed by atoms with Crippen molar-refractivity contribution in [3.05, 3.63) is 104 Å². The molecule has 10 heteroatoms. The predicted molar refractivity (Wildman–Crippen MR) is 137 cm³/mol. The Morgan fingerprint density at radius 2 is 1.92 bits per heavy atom. The van der Waals surface area contributed by atoms with E-state index in [1.165, 1.54) is 46.7 Å². The molecular weight excluding hydrogens is 483 g/mol. The first-order valence-electron chi connectivity index (χ1n) is 11.2. The van der Waals surface area contributed by atoms with Crippen LogP contribution in [0, 0.1) is 21.8 Å². The SMILES string of the molecule is CC(C)CNC(=O)c1ccc2c(=O)n(-c3cccc(F)c3)c(SCc3cccc([N+](=O)[O-])c3)nc2c1. The highest BCUT2D eigenvalue weighted by Gasteiger charge is 2.17. The van der Waals surface area contributed by atoms with Gasteiger partial charge in [-0.05, 0) is 47.9 Å². The van der Waals surface area contributed by atoms with Gasteiger partial charge in [-0.1, -0.05) is 43.8 Å². The number of nitrogens with zero attached hydrogens (tertiary/aromatic N) is 3. The van der Waals surface area contributed by atoms with Crippen molar-refractivity contribution in [3.8, 4) is 5.69 Å². The van der Waals surface area contributed by atoms with Gasteiger partial charge in [-0.2, -0.15) is 0 Å². The van der Waals surface area contributed by atoms with E-state index in [-0.39, 0.29) is 33.8 Å². The molecule has 1 heterocycles. The molecule has 4 rings (SSSR count). The van der Waals surface area contributed by atoms with Crippen molar-refractivity contribution in [2.75, 3.05) is 6.54 Å². The Hall–Kier alpha value is -4.05. The van der Waals surface area contributed by atoms with Crippen molar-refractivity contribution in [1.29, 1.82) is 0 Å². The average molecular weight is 507 g/mol. The van der Waals surface area contributed by atoms with Crippen LogP contribution >= 0.6 is 11.8 Å². The summed E-state index contributed by atoms with van der Waals surface area (Å²) in [6, 6.07) is 16.5. The summed E-state index contributed by atoms with van der Waals surface area (Å²) in [7, 11) is 0. The van der Waals surface area contributed by atoms with Crippen molar-refractivity contribution in [2.45, 2.75) is 24.8 Å². The summed E-state index contributed by atoms with van der Waals surface area (Å²) in [5.41, 5.74) is 1.20. The number of thioether (sulfide) groups is 1. The lowest BCUT2D eigenvalue weighted by molar-refractivity contribution is -0.384.